The van der Waals surface area contributed by atoms with E-state index < -0.39 is 0 Å². The molecule has 0 aliphatic carbocycles. The molecule has 1 aromatic carbocycles. The van der Waals surface area contributed by atoms with Crippen LogP contribution in [0.15, 0.2) is 36.7 Å². The second-order valence-corrected chi connectivity index (χ2v) is 6.17. The van der Waals surface area contributed by atoms with Crippen molar-refractivity contribution in [3.05, 3.63) is 42.2 Å². The lowest BCUT2D eigenvalue weighted by Crippen LogP contribution is -2.42. The maximum atomic E-state index is 12.2. The van der Waals surface area contributed by atoms with Crippen molar-refractivity contribution in [2.24, 2.45) is 0 Å². The largest absolute Gasteiger partial charge is 0.399 e. The molecule has 0 bridgehead atoms. The number of nitrogens with one attached hydrogen (secondary N) is 1. The summed E-state index contributed by atoms with van der Waals surface area (Å²) < 4.78 is 6.77. The molecule has 1 saturated heterocycles. The first-order valence-corrected chi connectivity index (χ1v) is 8.63. The molecule has 1 aromatic heterocycles. The van der Waals surface area contributed by atoms with E-state index in [1.165, 1.54) is 4.68 Å². The molecule has 0 atom stereocenters. The van der Waals surface area contributed by atoms with Crippen LogP contribution in [0.25, 0.3) is 0 Å². The number of benzene rings is 1. The molecule has 27 heavy (non-hydrogen) atoms. The topological polar surface area (TPSA) is 102 Å². The van der Waals surface area contributed by atoms with Crippen LogP contribution in [0.1, 0.15) is 12.0 Å². The number of aromatic nitrogens is 2. The summed E-state index contributed by atoms with van der Waals surface area (Å²) in [7, 11) is 0. The van der Waals surface area contributed by atoms with Crippen LogP contribution in [0, 0.1) is 0 Å². The fraction of sp³-hybridized carbons (Fsp3) is 0.389. The van der Waals surface area contributed by atoms with Crippen molar-refractivity contribution in [2.75, 3.05) is 37.4 Å². The molecule has 1 fully saturated rings. The SMILES string of the molecule is Cl.Nc1ccccc1CCC(=O)Nc1cnn(CC(=O)N2CCOCC2)c1. The lowest BCUT2D eigenvalue weighted by atomic mass is 10.1. The number of morpholine rings is 1. The predicted molar refractivity (Wildman–Crippen MR) is 105 cm³/mol. The third kappa shape index (κ3) is 5.97. The van der Waals surface area contributed by atoms with E-state index in [1.54, 1.807) is 17.3 Å². The van der Waals surface area contributed by atoms with Gasteiger partial charge in [0.15, 0.2) is 0 Å². The van der Waals surface area contributed by atoms with Gasteiger partial charge < -0.3 is 20.7 Å². The minimum Gasteiger partial charge on any atom is -0.399 e. The highest BCUT2D eigenvalue weighted by Crippen LogP contribution is 2.13. The van der Waals surface area contributed by atoms with Gasteiger partial charge in [-0.15, -0.1) is 12.4 Å². The average Bonchev–Trinajstić information content (AvgIpc) is 3.08. The molecule has 0 radical (unpaired) electrons. The van der Waals surface area contributed by atoms with E-state index in [-0.39, 0.29) is 30.8 Å². The first kappa shape index (κ1) is 20.7. The molecule has 9 heteroatoms. The molecular formula is C18H24ClN5O3. The number of carbonyl (C=O) groups excluding carboxylic acids is 2. The zero-order valence-corrected chi connectivity index (χ0v) is 15.8. The lowest BCUT2D eigenvalue weighted by Gasteiger charge is -2.26. The predicted octanol–water partition coefficient (Wildman–Crippen LogP) is 1.32. The Balaban J connectivity index is 0.00000261. The highest BCUT2D eigenvalue weighted by atomic mass is 35.5. The fourth-order valence-corrected chi connectivity index (χ4v) is 2.80. The number of nitrogen functional groups attached to an aromatic ring is 1. The van der Waals surface area contributed by atoms with Gasteiger partial charge in [0.05, 0.1) is 25.1 Å². The van der Waals surface area contributed by atoms with Crippen LogP contribution in [0.3, 0.4) is 0 Å². The van der Waals surface area contributed by atoms with Gasteiger partial charge in [-0.05, 0) is 18.1 Å². The Bertz CT molecular complexity index is 774. The van der Waals surface area contributed by atoms with E-state index in [2.05, 4.69) is 10.4 Å². The van der Waals surface area contributed by atoms with Gasteiger partial charge in [-0.25, -0.2) is 0 Å². The molecule has 0 saturated carbocycles. The quantitative estimate of drug-likeness (QED) is 0.720. The van der Waals surface area contributed by atoms with Crippen LogP contribution in [-0.4, -0.2) is 52.8 Å². The summed E-state index contributed by atoms with van der Waals surface area (Å²) in [5, 5.41) is 6.94. The summed E-state index contributed by atoms with van der Waals surface area (Å²) in [5.74, 6) is -0.124. The monoisotopic (exact) mass is 393 g/mol. The number of nitrogens with zero attached hydrogens (tertiary/aromatic N) is 3. The standard InChI is InChI=1S/C18H23N5O3.ClH/c19-16-4-2-1-3-14(16)5-6-17(24)21-15-11-20-23(12-15)13-18(25)22-7-9-26-10-8-22;/h1-4,11-12H,5-10,13,19H2,(H,21,24);1H. The minimum absolute atomic E-state index is 0. The van der Waals surface area contributed by atoms with Crippen LogP contribution in [0.4, 0.5) is 11.4 Å². The van der Waals surface area contributed by atoms with E-state index in [1.807, 2.05) is 24.3 Å². The summed E-state index contributed by atoms with van der Waals surface area (Å²) in [6, 6.07) is 7.51. The molecule has 2 heterocycles. The second-order valence-electron chi connectivity index (χ2n) is 6.17. The molecule has 0 spiro atoms. The Labute approximate surface area is 164 Å². The normalized spacial score (nSPS) is 13.7. The van der Waals surface area contributed by atoms with Gasteiger partial charge in [-0.2, -0.15) is 5.10 Å². The maximum Gasteiger partial charge on any atom is 0.244 e. The zero-order valence-electron chi connectivity index (χ0n) is 15.0. The Kier molecular flexibility index (Phi) is 7.63. The average molecular weight is 394 g/mol. The smallest absolute Gasteiger partial charge is 0.244 e. The van der Waals surface area contributed by atoms with Gasteiger partial charge in [-0.1, -0.05) is 18.2 Å². The van der Waals surface area contributed by atoms with Crippen molar-refractivity contribution in [1.82, 2.24) is 14.7 Å². The van der Waals surface area contributed by atoms with Crippen molar-refractivity contribution in [2.45, 2.75) is 19.4 Å². The van der Waals surface area contributed by atoms with E-state index in [0.29, 0.717) is 50.5 Å². The highest BCUT2D eigenvalue weighted by molar-refractivity contribution is 5.90. The second kappa shape index (κ2) is 9.94. The number of para-hydroxylation sites is 1. The maximum absolute atomic E-state index is 12.2. The number of hydrogen-bond donors (Lipinski definition) is 2. The first-order chi connectivity index (χ1) is 12.6. The Morgan fingerprint density at radius 2 is 1.96 bits per heavy atom. The van der Waals surface area contributed by atoms with E-state index in [4.69, 9.17) is 10.5 Å². The van der Waals surface area contributed by atoms with Crippen molar-refractivity contribution in [3.8, 4) is 0 Å². The highest BCUT2D eigenvalue weighted by Gasteiger charge is 2.17. The van der Waals surface area contributed by atoms with E-state index in [0.717, 1.165) is 5.56 Å². The van der Waals surface area contributed by atoms with Gasteiger partial charge in [0.1, 0.15) is 6.54 Å². The van der Waals surface area contributed by atoms with Gasteiger partial charge in [0.2, 0.25) is 11.8 Å². The van der Waals surface area contributed by atoms with Crippen LogP contribution < -0.4 is 11.1 Å². The lowest BCUT2D eigenvalue weighted by molar-refractivity contribution is -0.136. The van der Waals surface area contributed by atoms with Crippen molar-refractivity contribution in [1.29, 1.82) is 0 Å². The minimum atomic E-state index is -0.118. The summed E-state index contributed by atoms with van der Waals surface area (Å²) >= 11 is 0. The number of rotatable bonds is 6. The molecule has 3 N–H and O–H groups in total. The fourth-order valence-electron chi connectivity index (χ4n) is 2.80. The van der Waals surface area contributed by atoms with Crippen LogP contribution >= 0.6 is 12.4 Å². The third-order valence-corrected chi connectivity index (χ3v) is 4.25. The number of carbonyl (C=O) groups is 2. The molecule has 146 valence electrons. The summed E-state index contributed by atoms with van der Waals surface area (Å²) in [5.41, 5.74) is 8.10. The molecule has 3 rings (SSSR count). The third-order valence-electron chi connectivity index (χ3n) is 4.25. The molecule has 2 aromatic rings. The number of nitrogens with two attached hydrogens (primary N) is 1. The Morgan fingerprint density at radius 1 is 1.22 bits per heavy atom. The first-order valence-electron chi connectivity index (χ1n) is 8.63. The van der Waals surface area contributed by atoms with Crippen LogP contribution in [0.2, 0.25) is 0 Å². The Morgan fingerprint density at radius 3 is 2.70 bits per heavy atom. The van der Waals surface area contributed by atoms with Crippen molar-refractivity contribution in [3.63, 3.8) is 0 Å². The summed E-state index contributed by atoms with van der Waals surface area (Å²) in [4.78, 5) is 26.1. The molecule has 2 amide bonds. The van der Waals surface area contributed by atoms with Gasteiger partial charge in [0.25, 0.3) is 0 Å². The summed E-state index contributed by atoms with van der Waals surface area (Å²) in [6.07, 6.45) is 4.10. The number of anilines is 2. The van der Waals surface area contributed by atoms with Crippen LogP contribution in [-0.2, 0) is 27.3 Å². The molecule has 1 aliphatic heterocycles. The van der Waals surface area contributed by atoms with Gasteiger partial charge in [0, 0.05) is 31.4 Å². The molecular weight excluding hydrogens is 370 g/mol. The van der Waals surface area contributed by atoms with Crippen molar-refractivity contribution < 1.29 is 14.3 Å². The van der Waals surface area contributed by atoms with Gasteiger partial charge in [-0.3, -0.25) is 14.3 Å². The zero-order chi connectivity index (χ0) is 18.4. The van der Waals surface area contributed by atoms with Crippen molar-refractivity contribution >= 4 is 35.6 Å². The molecule has 8 nitrogen and oxygen atoms in total. The Hall–Kier alpha value is -2.58. The van der Waals surface area contributed by atoms with E-state index in [9.17, 15) is 9.59 Å². The summed E-state index contributed by atoms with van der Waals surface area (Å²) in [6.45, 7) is 2.49. The number of amides is 2. The number of halogens is 1. The molecule has 1 aliphatic rings. The number of hydrogen-bond acceptors (Lipinski definition) is 5. The molecule has 0 unspecified atom stereocenters. The number of ether oxygens (including phenoxy) is 1. The van der Waals surface area contributed by atoms with E-state index >= 15 is 0 Å². The van der Waals surface area contributed by atoms with Crippen LogP contribution in [0.5, 0.6) is 0 Å². The number of aryl methyl sites for hydroxylation is 1. The van der Waals surface area contributed by atoms with Gasteiger partial charge >= 0.3 is 0 Å².